The van der Waals surface area contributed by atoms with Crippen LogP contribution in [0.4, 0.5) is 5.69 Å². The number of hydrogen-bond donors (Lipinski definition) is 2. The second kappa shape index (κ2) is 8.12. The van der Waals surface area contributed by atoms with Gasteiger partial charge in [0.05, 0.1) is 19.8 Å². The van der Waals surface area contributed by atoms with E-state index in [1.165, 1.54) is 17.5 Å². The van der Waals surface area contributed by atoms with Gasteiger partial charge in [-0.1, -0.05) is 6.07 Å². The molecule has 0 radical (unpaired) electrons. The summed E-state index contributed by atoms with van der Waals surface area (Å²) in [5, 5.41) is 12.0. The molecule has 5 heteroatoms. The van der Waals surface area contributed by atoms with E-state index in [2.05, 4.69) is 17.4 Å². The minimum absolute atomic E-state index is 0.0375. The predicted octanol–water partition coefficient (Wildman–Crippen LogP) is 1.05. The van der Waals surface area contributed by atoms with Gasteiger partial charge >= 0.3 is 0 Å². The summed E-state index contributed by atoms with van der Waals surface area (Å²) in [6.07, 6.45) is 3.45. The molecular formula is C16H24N2O3. The highest BCUT2D eigenvalue weighted by Gasteiger charge is 2.13. The second-order valence-electron chi connectivity index (χ2n) is 5.38. The standard InChI is InChI=1S/C16H24N2O3/c1-21-10-8-18(7-9-19)12-16(20)17-15-6-5-13-3-2-4-14(13)11-15/h5-6,11,19H,2-4,7-10,12H2,1H3,(H,17,20). The second-order valence-corrected chi connectivity index (χ2v) is 5.38. The number of nitrogens with zero attached hydrogens (tertiary/aromatic N) is 1. The minimum atomic E-state index is -0.0579. The van der Waals surface area contributed by atoms with Crippen LogP contribution in [0.3, 0.4) is 0 Å². The number of aryl methyl sites for hydroxylation is 2. The van der Waals surface area contributed by atoms with Crippen molar-refractivity contribution < 1.29 is 14.6 Å². The van der Waals surface area contributed by atoms with Gasteiger partial charge in [0.1, 0.15) is 0 Å². The van der Waals surface area contributed by atoms with E-state index >= 15 is 0 Å². The van der Waals surface area contributed by atoms with E-state index in [4.69, 9.17) is 9.84 Å². The van der Waals surface area contributed by atoms with Crippen LogP contribution in [0.15, 0.2) is 18.2 Å². The molecule has 0 saturated carbocycles. The molecule has 1 amide bonds. The number of rotatable bonds is 8. The van der Waals surface area contributed by atoms with E-state index < -0.39 is 0 Å². The Morgan fingerprint density at radius 3 is 2.90 bits per heavy atom. The van der Waals surface area contributed by atoms with Crippen molar-refractivity contribution in [2.75, 3.05) is 45.3 Å². The Labute approximate surface area is 125 Å². The average molecular weight is 292 g/mol. The van der Waals surface area contributed by atoms with Gasteiger partial charge in [-0.25, -0.2) is 0 Å². The molecule has 1 aromatic carbocycles. The fourth-order valence-corrected chi connectivity index (χ4v) is 2.68. The van der Waals surface area contributed by atoms with Crippen LogP contribution < -0.4 is 5.32 Å². The zero-order chi connectivity index (χ0) is 15.1. The van der Waals surface area contributed by atoms with E-state index in [-0.39, 0.29) is 19.1 Å². The summed E-state index contributed by atoms with van der Waals surface area (Å²) in [6.45, 7) is 1.96. The Hall–Kier alpha value is -1.43. The molecule has 5 nitrogen and oxygen atoms in total. The molecule has 0 spiro atoms. The van der Waals surface area contributed by atoms with E-state index in [0.29, 0.717) is 19.7 Å². The number of aliphatic hydroxyl groups is 1. The third-order valence-corrected chi connectivity index (χ3v) is 3.78. The molecule has 0 saturated heterocycles. The van der Waals surface area contributed by atoms with Gasteiger partial charge in [-0.05, 0) is 42.5 Å². The van der Waals surface area contributed by atoms with Crippen LogP contribution in [0.1, 0.15) is 17.5 Å². The molecular weight excluding hydrogens is 268 g/mol. The van der Waals surface area contributed by atoms with Crippen LogP contribution in [-0.2, 0) is 22.4 Å². The molecule has 1 aromatic rings. The number of methoxy groups -OCH3 is 1. The Morgan fingerprint density at radius 1 is 1.33 bits per heavy atom. The molecule has 1 aliphatic carbocycles. The number of amides is 1. The van der Waals surface area contributed by atoms with E-state index in [0.717, 1.165) is 18.5 Å². The number of fused-ring (bicyclic) bond motifs is 1. The van der Waals surface area contributed by atoms with Crippen molar-refractivity contribution in [3.8, 4) is 0 Å². The van der Waals surface area contributed by atoms with E-state index in [1.54, 1.807) is 7.11 Å². The maximum Gasteiger partial charge on any atom is 0.238 e. The summed E-state index contributed by atoms with van der Waals surface area (Å²) in [5.41, 5.74) is 3.60. The molecule has 0 unspecified atom stereocenters. The lowest BCUT2D eigenvalue weighted by Crippen LogP contribution is -2.37. The third-order valence-electron chi connectivity index (χ3n) is 3.78. The monoisotopic (exact) mass is 292 g/mol. The molecule has 116 valence electrons. The molecule has 0 aromatic heterocycles. The molecule has 21 heavy (non-hydrogen) atoms. The molecule has 0 fully saturated rings. The number of hydrogen-bond acceptors (Lipinski definition) is 4. The third kappa shape index (κ3) is 4.81. The predicted molar refractivity (Wildman–Crippen MR) is 82.5 cm³/mol. The van der Waals surface area contributed by atoms with Crippen LogP contribution in [0.25, 0.3) is 0 Å². The maximum absolute atomic E-state index is 12.1. The number of carbonyl (C=O) groups is 1. The smallest absolute Gasteiger partial charge is 0.238 e. The highest BCUT2D eigenvalue weighted by molar-refractivity contribution is 5.92. The molecule has 0 bridgehead atoms. The number of ether oxygens (including phenoxy) is 1. The fraction of sp³-hybridized carbons (Fsp3) is 0.562. The topological polar surface area (TPSA) is 61.8 Å². The molecule has 2 rings (SSSR count). The first kappa shape index (κ1) is 15.9. The first-order chi connectivity index (χ1) is 10.2. The van der Waals surface area contributed by atoms with Crippen molar-refractivity contribution >= 4 is 11.6 Å². The van der Waals surface area contributed by atoms with Gasteiger partial charge in [0.2, 0.25) is 5.91 Å². The first-order valence-electron chi connectivity index (χ1n) is 7.46. The SMILES string of the molecule is COCCN(CCO)CC(=O)Nc1ccc2c(c1)CCC2. The summed E-state index contributed by atoms with van der Waals surface area (Å²) in [5.74, 6) is -0.0579. The Kier molecular flexibility index (Phi) is 6.17. The number of nitrogens with one attached hydrogen (secondary N) is 1. The summed E-state index contributed by atoms with van der Waals surface area (Å²) < 4.78 is 5.01. The van der Waals surface area contributed by atoms with Crippen LogP contribution in [0.2, 0.25) is 0 Å². The largest absolute Gasteiger partial charge is 0.395 e. The fourth-order valence-electron chi connectivity index (χ4n) is 2.68. The zero-order valence-electron chi connectivity index (χ0n) is 12.6. The van der Waals surface area contributed by atoms with Gasteiger partial charge in [-0.3, -0.25) is 9.69 Å². The van der Waals surface area contributed by atoms with Crippen molar-refractivity contribution in [2.24, 2.45) is 0 Å². The van der Waals surface area contributed by atoms with E-state index in [1.807, 2.05) is 11.0 Å². The van der Waals surface area contributed by atoms with Crippen LogP contribution in [0.5, 0.6) is 0 Å². The van der Waals surface area contributed by atoms with E-state index in [9.17, 15) is 4.79 Å². The summed E-state index contributed by atoms with van der Waals surface area (Å²) in [6, 6.07) is 6.15. The highest BCUT2D eigenvalue weighted by Crippen LogP contribution is 2.24. The van der Waals surface area contributed by atoms with Gasteiger partial charge in [0.25, 0.3) is 0 Å². The van der Waals surface area contributed by atoms with Crippen molar-refractivity contribution in [2.45, 2.75) is 19.3 Å². The van der Waals surface area contributed by atoms with Gasteiger partial charge < -0.3 is 15.2 Å². The quantitative estimate of drug-likeness (QED) is 0.752. The van der Waals surface area contributed by atoms with Crippen molar-refractivity contribution in [3.05, 3.63) is 29.3 Å². The van der Waals surface area contributed by atoms with Crippen molar-refractivity contribution in [3.63, 3.8) is 0 Å². The normalized spacial score (nSPS) is 13.5. The summed E-state index contributed by atoms with van der Waals surface area (Å²) in [7, 11) is 1.63. The summed E-state index contributed by atoms with van der Waals surface area (Å²) in [4.78, 5) is 14.0. The first-order valence-corrected chi connectivity index (χ1v) is 7.46. The van der Waals surface area contributed by atoms with Crippen molar-refractivity contribution in [1.82, 2.24) is 4.90 Å². The lowest BCUT2D eigenvalue weighted by Gasteiger charge is -2.20. The highest BCUT2D eigenvalue weighted by atomic mass is 16.5. The van der Waals surface area contributed by atoms with Crippen LogP contribution in [0, 0.1) is 0 Å². The average Bonchev–Trinajstić information content (AvgIpc) is 2.92. The number of benzene rings is 1. The Bertz CT molecular complexity index is 477. The van der Waals surface area contributed by atoms with Gasteiger partial charge in [-0.2, -0.15) is 0 Å². The summed E-state index contributed by atoms with van der Waals surface area (Å²) >= 11 is 0. The molecule has 0 heterocycles. The lowest BCUT2D eigenvalue weighted by atomic mass is 10.1. The molecule has 0 atom stereocenters. The van der Waals surface area contributed by atoms with Gasteiger partial charge in [0, 0.05) is 25.9 Å². The number of anilines is 1. The lowest BCUT2D eigenvalue weighted by molar-refractivity contribution is -0.117. The van der Waals surface area contributed by atoms with Crippen LogP contribution in [-0.4, -0.2) is 55.9 Å². The van der Waals surface area contributed by atoms with Crippen LogP contribution >= 0.6 is 0 Å². The number of aliphatic hydroxyl groups excluding tert-OH is 1. The molecule has 0 aliphatic heterocycles. The van der Waals surface area contributed by atoms with Crippen molar-refractivity contribution in [1.29, 1.82) is 0 Å². The Morgan fingerprint density at radius 2 is 2.14 bits per heavy atom. The van der Waals surface area contributed by atoms with Gasteiger partial charge in [0.15, 0.2) is 0 Å². The Balaban J connectivity index is 1.87. The minimum Gasteiger partial charge on any atom is -0.395 e. The maximum atomic E-state index is 12.1. The molecule has 1 aliphatic rings. The molecule has 2 N–H and O–H groups in total. The zero-order valence-corrected chi connectivity index (χ0v) is 12.6. The number of carbonyl (C=O) groups excluding carboxylic acids is 1. The van der Waals surface area contributed by atoms with Gasteiger partial charge in [-0.15, -0.1) is 0 Å².